The largest absolute Gasteiger partial charge is 0.454 e. The predicted molar refractivity (Wildman–Crippen MR) is 106 cm³/mol. The van der Waals surface area contributed by atoms with Crippen LogP contribution in [0.15, 0.2) is 54.2 Å². The Morgan fingerprint density at radius 1 is 1.04 bits per heavy atom. The van der Waals surface area contributed by atoms with E-state index in [-0.39, 0.29) is 18.6 Å². The van der Waals surface area contributed by atoms with Gasteiger partial charge in [-0.2, -0.15) is 0 Å². The molecule has 0 saturated heterocycles. The van der Waals surface area contributed by atoms with Crippen molar-refractivity contribution in [2.45, 2.75) is 25.3 Å². The zero-order valence-corrected chi connectivity index (χ0v) is 15.2. The highest BCUT2D eigenvalue weighted by Gasteiger charge is 2.35. The standard InChI is InChI=1S/C23H18N2O3/c26-18-5-1-3-15-21-14-4-2-10-24-16(14)7-8-17(21)25-23(22(15)18)13-6-9-19-20(11-13)28-12-27-19/h2,4,6-11,23,25H,1,3,5,12H2/t23-/m1/s1. The Labute approximate surface area is 162 Å². The van der Waals surface area contributed by atoms with Crippen molar-refractivity contribution in [2.24, 2.45) is 0 Å². The zero-order chi connectivity index (χ0) is 18.7. The summed E-state index contributed by atoms with van der Waals surface area (Å²) in [7, 11) is 0. The second-order valence-electron chi connectivity index (χ2n) is 7.42. The van der Waals surface area contributed by atoms with Gasteiger partial charge in [-0.05, 0) is 54.3 Å². The summed E-state index contributed by atoms with van der Waals surface area (Å²) in [5.41, 5.74) is 6.20. The average molecular weight is 370 g/mol. The number of allylic oxidation sites excluding steroid dienone is 1. The first-order chi connectivity index (χ1) is 13.8. The molecule has 0 saturated carbocycles. The lowest BCUT2D eigenvalue weighted by Crippen LogP contribution is -2.27. The van der Waals surface area contributed by atoms with Crippen molar-refractivity contribution in [2.75, 3.05) is 12.1 Å². The maximum atomic E-state index is 13.0. The minimum absolute atomic E-state index is 0.182. The molecule has 1 aromatic heterocycles. The lowest BCUT2D eigenvalue weighted by atomic mass is 9.77. The molecular weight excluding hydrogens is 352 g/mol. The summed E-state index contributed by atoms with van der Waals surface area (Å²) < 4.78 is 11.0. The summed E-state index contributed by atoms with van der Waals surface area (Å²) in [6.07, 6.45) is 4.20. The van der Waals surface area contributed by atoms with E-state index in [1.54, 1.807) is 0 Å². The molecule has 3 aromatic rings. The fraction of sp³-hybridized carbons (Fsp3) is 0.217. The number of carbonyl (C=O) groups is 1. The third-order valence-corrected chi connectivity index (χ3v) is 5.86. The third kappa shape index (κ3) is 2.19. The molecule has 3 aliphatic rings. The molecule has 1 atom stereocenters. The van der Waals surface area contributed by atoms with E-state index in [0.717, 1.165) is 63.2 Å². The zero-order valence-electron chi connectivity index (χ0n) is 15.2. The molecule has 1 N–H and O–H groups in total. The van der Waals surface area contributed by atoms with Gasteiger partial charge in [0.25, 0.3) is 0 Å². The smallest absolute Gasteiger partial charge is 0.231 e. The van der Waals surface area contributed by atoms with E-state index in [1.165, 1.54) is 0 Å². The second-order valence-corrected chi connectivity index (χ2v) is 7.42. The Kier molecular flexibility index (Phi) is 3.27. The number of carbonyl (C=O) groups excluding carboxylic acids is 1. The van der Waals surface area contributed by atoms with Crippen LogP contribution >= 0.6 is 0 Å². The normalized spacial score (nSPS) is 20.0. The van der Waals surface area contributed by atoms with Crippen LogP contribution in [0.4, 0.5) is 5.69 Å². The minimum atomic E-state index is -0.182. The first-order valence-corrected chi connectivity index (χ1v) is 9.60. The molecule has 5 heteroatoms. The summed E-state index contributed by atoms with van der Waals surface area (Å²) >= 11 is 0. The molecule has 6 rings (SSSR count). The lowest BCUT2D eigenvalue weighted by Gasteiger charge is -2.35. The lowest BCUT2D eigenvalue weighted by molar-refractivity contribution is -0.116. The number of nitrogens with zero attached hydrogens (tertiary/aromatic N) is 1. The average Bonchev–Trinajstić information content (AvgIpc) is 3.21. The van der Waals surface area contributed by atoms with Crippen LogP contribution in [0.1, 0.15) is 36.4 Å². The molecule has 28 heavy (non-hydrogen) atoms. The van der Waals surface area contributed by atoms with Gasteiger partial charge in [0.1, 0.15) is 0 Å². The molecule has 2 aliphatic heterocycles. The van der Waals surface area contributed by atoms with E-state index in [9.17, 15) is 4.79 Å². The third-order valence-electron chi connectivity index (χ3n) is 5.86. The van der Waals surface area contributed by atoms with Crippen molar-refractivity contribution in [1.82, 2.24) is 4.98 Å². The molecule has 1 aliphatic carbocycles. The number of aromatic nitrogens is 1. The summed E-state index contributed by atoms with van der Waals surface area (Å²) in [5, 5.41) is 4.72. The molecule has 0 radical (unpaired) electrons. The highest BCUT2D eigenvalue weighted by molar-refractivity contribution is 6.12. The van der Waals surface area contributed by atoms with E-state index in [0.29, 0.717) is 6.42 Å². The topological polar surface area (TPSA) is 60.5 Å². The molecular formula is C23H18N2O3. The highest BCUT2D eigenvalue weighted by Crippen LogP contribution is 2.48. The number of anilines is 1. The van der Waals surface area contributed by atoms with Crippen molar-refractivity contribution in [3.8, 4) is 11.5 Å². The maximum absolute atomic E-state index is 13.0. The van der Waals surface area contributed by atoms with Crippen LogP contribution in [0, 0.1) is 0 Å². The Bertz CT molecular complexity index is 1180. The predicted octanol–water partition coefficient (Wildman–Crippen LogP) is 4.64. The monoisotopic (exact) mass is 370 g/mol. The maximum Gasteiger partial charge on any atom is 0.231 e. The summed E-state index contributed by atoms with van der Waals surface area (Å²) in [6, 6.07) is 13.9. The molecule has 0 bridgehead atoms. The van der Waals surface area contributed by atoms with E-state index in [1.807, 2.05) is 36.5 Å². The van der Waals surface area contributed by atoms with Crippen LogP contribution < -0.4 is 14.8 Å². The van der Waals surface area contributed by atoms with Gasteiger partial charge in [-0.15, -0.1) is 0 Å². The summed E-state index contributed by atoms with van der Waals surface area (Å²) in [6.45, 7) is 0.242. The van der Waals surface area contributed by atoms with Gasteiger partial charge < -0.3 is 14.8 Å². The second kappa shape index (κ2) is 5.83. The minimum Gasteiger partial charge on any atom is -0.454 e. The number of rotatable bonds is 1. The van der Waals surface area contributed by atoms with Gasteiger partial charge in [-0.25, -0.2) is 0 Å². The van der Waals surface area contributed by atoms with Crippen LogP contribution in [0.5, 0.6) is 11.5 Å². The van der Waals surface area contributed by atoms with Gasteiger partial charge in [0.2, 0.25) is 6.79 Å². The molecule has 0 amide bonds. The molecule has 0 unspecified atom stereocenters. The molecule has 5 nitrogen and oxygen atoms in total. The van der Waals surface area contributed by atoms with E-state index < -0.39 is 0 Å². The Morgan fingerprint density at radius 2 is 1.96 bits per heavy atom. The van der Waals surface area contributed by atoms with Crippen LogP contribution in [0.2, 0.25) is 0 Å². The molecule has 138 valence electrons. The molecule has 2 aromatic carbocycles. The highest BCUT2D eigenvalue weighted by atomic mass is 16.7. The van der Waals surface area contributed by atoms with E-state index in [2.05, 4.69) is 22.4 Å². The number of Topliss-reactive ketones (excluding diaryl/α,β-unsaturated/α-hetero) is 1. The van der Waals surface area contributed by atoms with Crippen molar-refractivity contribution < 1.29 is 14.3 Å². The van der Waals surface area contributed by atoms with Gasteiger partial charge >= 0.3 is 0 Å². The van der Waals surface area contributed by atoms with Gasteiger partial charge in [0, 0.05) is 34.8 Å². The first kappa shape index (κ1) is 15.7. The van der Waals surface area contributed by atoms with Crippen molar-refractivity contribution >= 4 is 27.9 Å². The molecule has 3 heterocycles. The SMILES string of the molecule is O=C1CCCC2=C1[C@@H](c1ccc3c(c1)OCO3)Nc1ccc3ncccc3c12. The number of fused-ring (bicyclic) bond motifs is 5. The van der Waals surface area contributed by atoms with Gasteiger partial charge in [-0.3, -0.25) is 9.78 Å². The summed E-state index contributed by atoms with van der Waals surface area (Å²) in [4.78, 5) is 17.5. The van der Waals surface area contributed by atoms with Gasteiger partial charge in [-0.1, -0.05) is 12.1 Å². The van der Waals surface area contributed by atoms with Crippen molar-refractivity contribution in [3.63, 3.8) is 0 Å². The Morgan fingerprint density at radius 3 is 2.93 bits per heavy atom. The number of hydrogen-bond donors (Lipinski definition) is 1. The van der Waals surface area contributed by atoms with Crippen molar-refractivity contribution in [1.29, 1.82) is 0 Å². The van der Waals surface area contributed by atoms with Crippen LogP contribution in [-0.4, -0.2) is 17.6 Å². The van der Waals surface area contributed by atoms with E-state index in [4.69, 9.17) is 9.47 Å². The van der Waals surface area contributed by atoms with Crippen molar-refractivity contribution in [3.05, 3.63) is 65.4 Å². The fourth-order valence-corrected chi connectivity index (χ4v) is 4.63. The number of benzene rings is 2. The van der Waals surface area contributed by atoms with E-state index >= 15 is 0 Å². The number of pyridine rings is 1. The Balaban J connectivity index is 1.59. The number of nitrogens with one attached hydrogen (secondary N) is 1. The quantitative estimate of drug-likeness (QED) is 0.676. The van der Waals surface area contributed by atoms with Gasteiger partial charge in [0.15, 0.2) is 17.3 Å². The first-order valence-electron chi connectivity index (χ1n) is 9.60. The fourth-order valence-electron chi connectivity index (χ4n) is 4.63. The molecule has 0 spiro atoms. The van der Waals surface area contributed by atoms with Gasteiger partial charge in [0.05, 0.1) is 11.6 Å². The summed E-state index contributed by atoms with van der Waals surface area (Å²) in [5.74, 6) is 1.71. The Hall–Kier alpha value is -3.34. The number of ether oxygens (including phenoxy) is 2. The van der Waals surface area contributed by atoms with Crippen LogP contribution in [-0.2, 0) is 4.79 Å². The van der Waals surface area contributed by atoms with Crippen LogP contribution in [0.25, 0.3) is 16.5 Å². The molecule has 0 fully saturated rings. The number of ketones is 1. The van der Waals surface area contributed by atoms with Crippen LogP contribution in [0.3, 0.4) is 0 Å². The number of hydrogen-bond acceptors (Lipinski definition) is 5.